The van der Waals surface area contributed by atoms with Crippen LogP contribution in [0.4, 0.5) is 4.39 Å². The Kier molecular flexibility index (Phi) is 3.82. The molecule has 3 rings (SSSR count). The molecule has 6 heteroatoms. The Morgan fingerprint density at radius 3 is 2.43 bits per heavy atom. The molecular formula is C15H8Cl2FN3. The quantitative estimate of drug-likeness (QED) is 0.645. The lowest BCUT2D eigenvalue weighted by Crippen LogP contribution is -1.91. The minimum Gasteiger partial charge on any atom is -0.256 e. The monoisotopic (exact) mass is 319 g/mol. The van der Waals surface area contributed by atoms with Crippen molar-refractivity contribution in [2.75, 3.05) is 0 Å². The van der Waals surface area contributed by atoms with Crippen molar-refractivity contribution in [2.24, 2.45) is 0 Å². The minimum atomic E-state index is -0.291. The van der Waals surface area contributed by atoms with Gasteiger partial charge in [-0.05, 0) is 48.0 Å². The van der Waals surface area contributed by atoms with E-state index in [0.29, 0.717) is 16.4 Å². The molecule has 0 radical (unpaired) electrons. The molecule has 0 spiro atoms. The first-order valence-electron chi connectivity index (χ1n) is 6.04. The number of aromatic nitrogens is 3. The summed E-state index contributed by atoms with van der Waals surface area (Å²) in [5.74, 6) is -0.291. The van der Waals surface area contributed by atoms with Crippen LogP contribution in [0.2, 0.25) is 10.3 Å². The van der Waals surface area contributed by atoms with Gasteiger partial charge in [-0.2, -0.15) is 0 Å². The standard InChI is InChI=1S/C15H8Cl2FN3/c16-12-8-20-15(17)21-14(12)10-5-6-19-13(7-10)9-1-3-11(18)4-2-9/h1-8H. The summed E-state index contributed by atoms with van der Waals surface area (Å²) < 4.78 is 13.0. The molecule has 0 bridgehead atoms. The van der Waals surface area contributed by atoms with Crippen molar-refractivity contribution >= 4 is 23.2 Å². The summed E-state index contributed by atoms with van der Waals surface area (Å²) in [4.78, 5) is 12.2. The van der Waals surface area contributed by atoms with E-state index >= 15 is 0 Å². The van der Waals surface area contributed by atoms with E-state index < -0.39 is 0 Å². The van der Waals surface area contributed by atoms with Crippen molar-refractivity contribution in [1.82, 2.24) is 15.0 Å². The van der Waals surface area contributed by atoms with Gasteiger partial charge in [-0.1, -0.05) is 11.6 Å². The molecule has 0 saturated carbocycles. The second-order valence-electron chi connectivity index (χ2n) is 4.27. The van der Waals surface area contributed by atoms with E-state index in [1.807, 2.05) is 6.07 Å². The second kappa shape index (κ2) is 5.76. The predicted molar refractivity (Wildman–Crippen MR) is 80.7 cm³/mol. The van der Waals surface area contributed by atoms with Gasteiger partial charge in [0.05, 0.1) is 22.6 Å². The summed E-state index contributed by atoms with van der Waals surface area (Å²) in [5.41, 5.74) is 2.79. The van der Waals surface area contributed by atoms with Gasteiger partial charge in [0.25, 0.3) is 0 Å². The van der Waals surface area contributed by atoms with Gasteiger partial charge < -0.3 is 0 Å². The van der Waals surface area contributed by atoms with Crippen LogP contribution in [-0.4, -0.2) is 15.0 Å². The van der Waals surface area contributed by atoms with Gasteiger partial charge in [-0.15, -0.1) is 0 Å². The first-order chi connectivity index (χ1) is 10.1. The van der Waals surface area contributed by atoms with Crippen molar-refractivity contribution < 1.29 is 4.39 Å². The van der Waals surface area contributed by atoms with E-state index in [4.69, 9.17) is 23.2 Å². The zero-order chi connectivity index (χ0) is 14.8. The van der Waals surface area contributed by atoms with E-state index in [9.17, 15) is 4.39 Å². The minimum absolute atomic E-state index is 0.120. The summed E-state index contributed by atoms with van der Waals surface area (Å²) in [6, 6.07) is 9.69. The highest BCUT2D eigenvalue weighted by Crippen LogP contribution is 2.28. The third-order valence-electron chi connectivity index (χ3n) is 2.89. The van der Waals surface area contributed by atoms with Crippen LogP contribution in [0, 0.1) is 5.82 Å². The molecule has 0 aliphatic rings. The SMILES string of the molecule is Fc1ccc(-c2cc(-c3nc(Cl)ncc3Cl)ccn2)cc1. The zero-order valence-electron chi connectivity index (χ0n) is 10.6. The molecule has 3 aromatic rings. The van der Waals surface area contributed by atoms with Gasteiger partial charge in [0.2, 0.25) is 5.28 Å². The first kappa shape index (κ1) is 13.9. The van der Waals surface area contributed by atoms with Crippen molar-refractivity contribution in [3.05, 3.63) is 64.9 Å². The van der Waals surface area contributed by atoms with Gasteiger partial charge in [-0.25, -0.2) is 14.4 Å². The van der Waals surface area contributed by atoms with E-state index in [1.165, 1.54) is 18.3 Å². The smallest absolute Gasteiger partial charge is 0.222 e. The van der Waals surface area contributed by atoms with Gasteiger partial charge in [0.1, 0.15) is 5.82 Å². The first-order valence-corrected chi connectivity index (χ1v) is 6.79. The Balaban J connectivity index is 2.08. The van der Waals surface area contributed by atoms with Crippen LogP contribution in [0.15, 0.2) is 48.8 Å². The molecule has 104 valence electrons. The highest BCUT2D eigenvalue weighted by atomic mass is 35.5. The lowest BCUT2D eigenvalue weighted by atomic mass is 10.1. The highest BCUT2D eigenvalue weighted by Gasteiger charge is 2.09. The normalized spacial score (nSPS) is 10.6. The average molecular weight is 320 g/mol. The van der Waals surface area contributed by atoms with Crippen LogP contribution in [-0.2, 0) is 0 Å². The molecule has 0 atom stereocenters. The maximum Gasteiger partial charge on any atom is 0.222 e. The Morgan fingerprint density at radius 1 is 0.905 bits per heavy atom. The Morgan fingerprint density at radius 2 is 1.67 bits per heavy atom. The fourth-order valence-electron chi connectivity index (χ4n) is 1.90. The third-order valence-corrected chi connectivity index (χ3v) is 3.35. The Labute approximate surface area is 130 Å². The van der Waals surface area contributed by atoms with Crippen LogP contribution < -0.4 is 0 Å². The van der Waals surface area contributed by atoms with Crippen LogP contribution in [0.1, 0.15) is 0 Å². The van der Waals surface area contributed by atoms with Crippen LogP contribution in [0.25, 0.3) is 22.5 Å². The number of pyridine rings is 1. The summed E-state index contributed by atoms with van der Waals surface area (Å²) in [6.45, 7) is 0. The van der Waals surface area contributed by atoms with Gasteiger partial charge >= 0.3 is 0 Å². The van der Waals surface area contributed by atoms with Gasteiger partial charge in [-0.3, -0.25) is 4.98 Å². The lowest BCUT2D eigenvalue weighted by Gasteiger charge is -2.06. The number of nitrogens with zero attached hydrogens (tertiary/aromatic N) is 3. The fourth-order valence-corrected chi connectivity index (χ4v) is 2.24. The Bertz CT molecular complexity index is 791. The second-order valence-corrected chi connectivity index (χ2v) is 5.02. The molecule has 0 aliphatic heterocycles. The molecule has 3 nitrogen and oxygen atoms in total. The number of benzene rings is 1. The topological polar surface area (TPSA) is 38.7 Å². The molecule has 0 fully saturated rings. The molecule has 21 heavy (non-hydrogen) atoms. The maximum atomic E-state index is 13.0. The number of rotatable bonds is 2. The van der Waals surface area contributed by atoms with Crippen LogP contribution >= 0.6 is 23.2 Å². The lowest BCUT2D eigenvalue weighted by molar-refractivity contribution is 0.628. The summed E-state index contributed by atoms with van der Waals surface area (Å²) in [7, 11) is 0. The molecule has 0 aliphatic carbocycles. The van der Waals surface area contributed by atoms with Crippen molar-refractivity contribution in [2.45, 2.75) is 0 Å². The average Bonchev–Trinajstić information content (AvgIpc) is 2.50. The van der Waals surface area contributed by atoms with E-state index in [0.717, 1.165) is 11.1 Å². The van der Waals surface area contributed by atoms with Gasteiger partial charge in [0.15, 0.2) is 0 Å². The number of hydrogen-bond acceptors (Lipinski definition) is 3. The summed E-state index contributed by atoms with van der Waals surface area (Å²) in [5, 5.41) is 0.519. The van der Waals surface area contributed by atoms with Crippen molar-refractivity contribution in [3.63, 3.8) is 0 Å². The zero-order valence-corrected chi connectivity index (χ0v) is 12.1. The Hall–Kier alpha value is -2.04. The number of halogens is 3. The molecule has 2 aromatic heterocycles. The molecule has 0 saturated heterocycles. The molecule has 0 unspecified atom stereocenters. The summed E-state index contributed by atoms with van der Waals surface area (Å²) >= 11 is 11.9. The van der Waals surface area contributed by atoms with Gasteiger partial charge in [0, 0.05) is 17.3 Å². The largest absolute Gasteiger partial charge is 0.256 e. The molecular weight excluding hydrogens is 312 g/mol. The van der Waals surface area contributed by atoms with Crippen molar-refractivity contribution in [3.8, 4) is 22.5 Å². The maximum absolute atomic E-state index is 13.0. The third kappa shape index (κ3) is 3.01. The highest BCUT2D eigenvalue weighted by molar-refractivity contribution is 6.33. The van der Waals surface area contributed by atoms with E-state index in [-0.39, 0.29) is 11.1 Å². The molecule has 0 amide bonds. The van der Waals surface area contributed by atoms with E-state index in [1.54, 1.807) is 24.4 Å². The molecule has 0 N–H and O–H groups in total. The predicted octanol–water partition coefficient (Wildman–Crippen LogP) is 4.65. The van der Waals surface area contributed by atoms with Crippen LogP contribution in [0.3, 0.4) is 0 Å². The number of hydrogen-bond donors (Lipinski definition) is 0. The molecule has 2 heterocycles. The summed E-state index contributed by atoms with van der Waals surface area (Å²) in [6.07, 6.45) is 3.09. The van der Waals surface area contributed by atoms with E-state index in [2.05, 4.69) is 15.0 Å². The van der Waals surface area contributed by atoms with Crippen molar-refractivity contribution in [1.29, 1.82) is 0 Å². The van der Waals surface area contributed by atoms with Crippen LogP contribution in [0.5, 0.6) is 0 Å². The fraction of sp³-hybridized carbons (Fsp3) is 0. The molecule has 1 aromatic carbocycles.